The molecule has 0 aliphatic heterocycles. The first-order valence-electron chi connectivity index (χ1n) is 9.73. The molecular formula is C23H28F3NOS. The molecule has 1 N–H and O–H groups in total. The van der Waals surface area contributed by atoms with Gasteiger partial charge in [0.25, 0.3) is 0 Å². The van der Waals surface area contributed by atoms with Crippen LogP contribution in [-0.2, 0) is 16.6 Å². The van der Waals surface area contributed by atoms with E-state index < -0.39 is 12.0 Å². The van der Waals surface area contributed by atoms with Crippen LogP contribution >= 0.6 is 11.8 Å². The number of benzene rings is 2. The van der Waals surface area contributed by atoms with Gasteiger partial charge in [-0.1, -0.05) is 31.2 Å². The number of carbonyl (C=O) groups is 1. The Bertz CT molecular complexity index is 856. The Morgan fingerprint density at radius 1 is 1.17 bits per heavy atom. The summed E-state index contributed by atoms with van der Waals surface area (Å²) in [5.41, 5.74) is 2.90. The maximum absolute atomic E-state index is 12.8. The van der Waals surface area contributed by atoms with E-state index in [2.05, 4.69) is 5.32 Å². The molecule has 0 aromatic heterocycles. The number of carbonyl (C=O) groups excluding carboxylic acids is 1. The van der Waals surface area contributed by atoms with Gasteiger partial charge in [0.15, 0.2) is 0 Å². The number of halogens is 3. The molecule has 0 saturated carbocycles. The number of ketones is 1. The molecule has 0 heterocycles. The zero-order chi connectivity index (χ0) is 21.6. The lowest BCUT2D eigenvalue weighted by Gasteiger charge is -2.30. The van der Waals surface area contributed by atoms with Crippen LogP contribution in [0, 0.1) is 6.92 Å². The van der Waals surface area contributed by atoms with Gasteiger partial charge in [0, 0.05) is 16.3 Å². The number of rotatable bonds is 10. The van der Waals surface area contributed by atoms with E-state index in [4.69, 9.17) is 0 Å². The van der Waals surface area contributed by atoms with E-state index in [1.807, 2.05) is 45.0 Å². The molecule has 0 aliphatic carbocycles. The minimum absolute atomic E-state index is 0.0299. The Balaban J connectivity index is 2.51. The third kappa shape index (κ3) is 5.35. The monoisotopic (exact) mass is 423 g/mol. The maximum atomic E-state index is 12.8. The molecule has 6 heteroatoms. The number of nitrogens with one attached hydrogen (secondary N) is 1. The van der Waals surface area contributed by atoms with Crippen LogP contribution in [0.2, 0.25) is 0 Å². The molecular weight excluding hydrogens is 395 g/mol. The van der Waals surface area contributed by atoms with Crippen molar-refractivity contribution in [2.24, 2.45) is 0 Å². The van der Waals surface area contributed by atoms with E-state index in [0.717, 1.165) is 27.1 Å². The number of alkyl halides is 3. The lowest BCUT2D eigenvalue weighted by atomic mass is 9.72. The second kappa shape index (κ2) is 10.2. The molecule has 29 heavy (non-hydrogen) atoms. The number of aryl methyl sites for hydroxylation is 2. The molecule has 0 radical (unpaired) electrons. The summed E-state index contributed by atoms with van der Waals surface area (Å²) in [6.07, 6.45) is 1.05. The van der Waals surface area contributed by atoms with Gasteiger partial charge in [-0.25, -0.2) is 0 Å². The van der Waals surface area contributed by atoms with E-state index in [0.29, 0.717) is 24.3 Å². The van der Waals surface area contributed by atoms with Crippen LogP contribution in [-0.4, -0.2) is 24.8 Å². The first-order valence-corrected chi connectivity index (χ1v) is 10.7. The summed E-state index contributed by atoms with van der Waals surface area (Å²) >= 11 is 1.58. The predicted octanol–water partition coefficient (Wildman–Crippen LogP) is 6.54. The summed E-state index contributed by atoms with van der Waals surface area (Å²) in [5, 5.41) is 2.16. The summed E-state index contributed by atoms with van der Waals surface area (Å²) in [5.74, 6) is 0.642. The van der Waals surface area contributed by atoms with Gasteiger partial charge in [0.05, 0.1) is 12.1 Å². The molecule has 2 aromatic carbocycles. The molecule has 2 nitrogen and oxygen atoms in total. The van der Waals surface area contributed by atoms with Crippen LogP contribution in [0.5, 0.6) is 0 Å². The Hall–Kier alpha value is -1.95. The lowest BCUT2D eigenvalue weighted by molar-refractivity contribution is -0.120. The highest BCUT2D eigenvalue weighted by Gasteiger charge is 2.35. The fourth-order valence-electron chi connectivity index (χ4n) is 3.33. The van der Waals surface area contributed by atoms with Crippen LogP contribution in [0.1, 0.15) is 49.4 Å². The van der Waals surface area contributed by atoms with E-state index in [9.17, 15) is 18.0 Å². The summed E-state index contributed by atoms with van der Waals surface area (Å²) in [6, 6.07) is 11.1. The van der Waals surface area contributed by atoms with Crippen LogP contribution in [0.4, 0.5) is 18.9 Å². The van der Waals surface area contributed by atoms with Gasteiger partial charge < -0.3 is 5.32 Å². The molecule has 2 aromatic rings. The molecule has 0 aliphatic rings. The van der Waals surface area contributed by atoms with Crippen molar-refractivity contribution < 1.29 is 18.0 Å². The third-order valence-corrected chi connectivity index (χ3v) is 6.58. The van der Waals surface area contributed by atoms with Gasteiger partial charge in [-0.15, -0.1) is 11.8 Å². The Morgan fingerprint density at radius 3 is 2.41 bits per heavy atom. The van der Waals surface area contributed by atoms with Crippen molar-refractivity contribution in [3.8, 4) is 0 Å². The van der Waals surface area contributed by atoms with Crippen LogP contribution in [0.3, 0.4) is 0 Å². The van der Waals surface area contributed by atoms with Crippen molar-refractivity contribution in [3.05, 3.63) is 58.7 Å². The molecule has 2 rings (SSSR count). The topological polar surface area (TPSA) is 29.1 Å². The van der Waals surface area contributed by atoms with Crippen LogP contribution in [0.25, 0.3) is 0 Å². The van der Waals surface area contributed by atoms with Crippen LogP contribution in [0.15, 0.2) is 41.3 Å². The van der Waals surface area contributed by atoms with Gasteiger partial charge in [-0.3, -0.25) is 9.18 Å². The Morgan fingerprint density at radius 2 is 1.83 bits per heavy atom. The highest BCUT2D eigenvalue weighted by Crippen LogP contribution is 2.38. The molecule has 158 valence electrons. The van der Waals surface area contributed by atoms with Gasteiger partial charge in [0.2, 0.25) is 0 Å². The fourth-order valence-corrected chi connectivity index (χ4v) is 4.31. The maximum Gasteiger partial charge on any atom is 0.312 e. The average Bonchev–Trinajstić information content (AvgIpc) is 2.68. The number of anilines is 1. The lowest BCUT2D eigenvalue weighted by Crippen LogP contribution is -2.32. The number of Topliss-reactive ketones (excluding diaryl/α,β-unsaturated/α-hetero) is 1. The molecule has 1 atom stereocenters. The molecule has 0 fully saturated rings. The summed E-state index contributed by atoms with van der Waals surface area (Å²) in [7, 11) is 0. The quantitative estimate of drug-likeness (QED) is 0.267. The van der Waals surface area contributed by atoms with E-state index >= 15 is 0 Å². The van der Waals surface area contributed by atoms with Crippen molar-refractivity contribution in [2.45, 2.75) is 57.4 Å². The van der Waals surface area contributed by atoms with Gasteiger partial charge in [-0.05, 0) is 68.0 Å². The van der Waals surface area contributed by atoms with Crippen molar-refractivity contribution in [2.75, 3.05) is 17.7 Å². The molecule has 0 spiro atoms. The van der Waals surface area contributed by atoms with Crippen molar-refractivity contribution >= 4 is 23.2 Å². The number of hydrogen-bond donors (Lipinski definition) is 1. The first kappa shape index (κ1) is 23.3. The number of hydrogen-bond acceptors (Lipinski definition) is 3. The van der Waals surface area contributed by atoms with Gasteiger partial charge in [0.1, 0.15) is 5.78 Å². The molecule has 0 amide bonds. The van der Waals surface area contributed by atoms with Gasteiger partial charge >= 0.3 is 6.55 Å². The van der Waals surface area contributed by atoms with Crippen molar-refractivity contribution in [1.82, 2.24) is 0 Å². The standard InChI is InChI=1S/C23H28F3NOS/c1-5-17-13-18(9-10-20(17)27-22(25)26)23(4,16(3)28)19-8-7-15(2)21(14-19)29-12-6-11-24/h7-10,13-14,22,27H,5-6,11-12H2,1-4H3/t23-/m1/s1. The average molecular weight is 424 g/mol. The Labute approximate surface area is 175 Å². The van der Waals surface area contributed by atoms with E-state index in [1.54, 1.807) is 30.8 Å². The van der Waals surface area contributed by atoms with E-state index in [-0.39, 0.29) is 12.5 Å². The highest BCUT2D eigenvalue weighted by molar-refractivity contribution is 7.99. The third-order valence-electron chi connectivity index (χ3n) is 5.33. The highest BCUT2D eigenvalue weighted by atomic mass is 32.2. The Kier molecular flexibility index (Phi) is 8.20. The predicted molar refractivity (Wildman–Crippen MR) is 115 cm³/mol. The van der Waals surface area contributed by atoms with Crippen LogP contribution < -0.4 is 5.32 Å². The largest absolute Gasteiger partial charge is 0.329 e. The molecule has 0 unspecified atom stereocenters. The van der Waals surface area contributed by atoms with E-state index in [1.165, 1.54) is 0 Å². The molecule has 0 bridgehead atoms. The minimum Gasteiger partial charge on any atom is -0.329 e. The molecule has 0 saturated heterocycles. The number of thioether (sulfide) groups is 1. The second-order valence-corrected chi connectivity index (χ2v) is 8.36. The summed E-state index contributed by atoms with van der Waals surface area (Å²) in [4.78, 5) is 13.8. The zero-order valence-electron chi connectivity index (χ0n) is 17.3. The van der Waals surface area contributed by atoms with Crippen molar-refractivity contribution in [1.29, 1.82) is 0 Å². The van der Waals surface area contributed by atoms with Crippen molar-refractivity contribution in [3.63, 3.8) is 0 Å². The normalized spacial score (nSPS) is 13.4. The minimum atomic E-state index is -2.65. The first-order chi connectivity index (χ1) is 13.7. The summed E-state index contributed by atoms with van der Waals surface area (Å²) < 4.78 is 38.0. The SMILES string of the molecule is CCc1cc([C@@](C)(C(C)=O)c2ccc(C)c(SCCCF)c2)ccc1NC(F)F. The smallest absolute Gasteiger partial charge is 0.312 e. The second-order valence-electron chi connectivity index (χ2n) is 7.22. The fraction of sp³-hybridized carbons (Fsp3) is 0.435. The van der Waals surface area contributed by atoms with Gasteiger partial charge in [-0.2, -0.15) is 8.78 Å². The summed E-state index contributed by atoms with van der Waals surface area (Å²) in [6.45, 7) is 4.30. The zero-order valence-corrected chi connectivity index (χ0v) is 18.1.